The van der Waals surface area contributed by atoms with Gasteiger partial charge in [-0.15, -0.1) is 0 Å². The van der Waals surface area contributed by atoms with Crippen molar-refractivity contribution in [1.29, 1.82) is 0 Å². The standard InChI is InChI=1S/C34H55N3O4/c1-11-27(34(8,9)26-17-13-12-14-18-26)31(39)35-30(33(5,6)7)32(40)36(10)28(24(2)3)21-25(4)22-41-23-29(38)37-19-15-16-20-37/h12-14,17-18,21,24,27-28,30H,11,15-16,19-20,22-23H2,1-10H3,(H,35,39)/b25-21+/t27-,28-,30-/m1/s1. The van der Waals surface area contributed by atoms with Crippen molar-refractivity contribution in [3.63, 3.8) is 0 Å². The number of carbonyl (C=O) groups is 3. The second-order valence-electron chi connectivity index (χ2n) is 13.6. The van der Waals surface area contributed by atoms with Gasteiger partial charge in [-0.05, 0) is 48.7 Å². The van der Waals surface area contributed by atoms with Crippen LogP contribution in [0.2, 0.25) is 0 Å². The number of nitrogens with one attached hydrogen (secondary N) is 1. The summed E-state index contributed by atoms with van der Waals surface area (Å²) in [5, 5.41) is 3.17. The van der Waals surface area contributed by atoms with Crippen molar-refractivity contribution < 1.29 is 19.1 Å². The van der Waals surface area contributed by atoms with E-state index in [-0.39, 0.29) is 42.2 Å². The monoisotopic (exact) mass is 569 g/mol. The second kappa shape index (κ2) is 15.0. The number of rotatable bonds is 13. The van der Waals surface area contributed by atoms with Crippen molar-refractivity contribution in [1.82, 2.24) is 15.1 Å². The molecule has 7 heteroatoms. The Balaban J connectivity index is 2.17. The Morgan fingerprint density at radius 3 is 2.12 bits per heavy atom. The second-order valence-corrected chi connectivity index (χ2v) is 13.6. The lowest BCUT2D eigenvalue weighted by Gasteiger charge is -2.40. The van der Waals surface area contributed by atoms with Crippen molar-refractivity contribution in [3.05, 3.63) is 47.5 Å². The van der Waals surface area contributed by atoms with E-state index in [4.69, 9.17) is 4.74 Å². The van der Waals surface area contributed by atoms with E-state index in [0.29, 0.717) is 13.0 Å². The Bertz CT molecular complexity index is 1040. The average molecular weight is 570 g/mol. The van der Waals surface area contributed by atoms with Crippen LogP contribution in [0.15, 0.2) is 42.0 Å². The highest BCUT2D eigenvalue weighted by molar-refractivity contribution is 5.90. The van der Waals surface area contributed by atoms with Crippen LogP contribution in [0.5, 0.6) is 0 Å². The molecule has 0 spiro atoms. The molecule has 3 amide bonds. The summed E-state index contributed by atoms with van der Waals surface area (Å²) < 4.78 is 5.73. The molecule has 0 unspecified atom stereocenters. The third-order valence-corrected chi connectivity index (χ3v) is 8.46. The van der Waals surface area contributed by atoms with E-state index in [9.17, 15) is 14.4 Å². The lowest BCUT2D eigenvalue weighted by atomic mass is 9.71. The summed E-state index contributed by atoms with van der Waals surface area (Å²) in [7, 11) is 1.81. The van der Waals surface area contributed by atoms with Crippen molar-refractivity contribution in [3.8, 4) is 0 Å². The Labute approximate surface area is 249 Å². The molecule has 1 heterocycles. The SMILES string of the molecule is CC[C@H](C(=O)N[C@H](C(=O)N(C)[C@H](/C=C(\C)COCC(=O)N1CCCC1)C(C)C)C(C)(C)C)C(C)(C)c1ccccc1. The number of amides is 3. The van der Waals surface area contributed by atoms with Gasteiger partial charge in [0.05, 0.1) is 12.6 Å². The minimum Gasteiger partial charge on any atom is -0.367 e. The van der Waals surface area contributed by atoms with Gasteiger partial charge in [0.2, 0.25) is 17.7 Å². The van der Waals surface area contributed by atoms with Crippen molar-refractivity contribution in [2.75, 3.05) is 33.4 Å². The first-order valence-electron chi connectivity index (χ1n) is 15.3. The minimum absolute atomic E-state index is 0.0348. The smallest absolute Gasteiger partial charge is 0.248 e. The minimum atomic E-state index is -0.690. The van der Waals surface area contributed by atoms with Gasteiger partial charge >= 0.3 is 0 Å². The predicted molar refractivity (Wildman–Crippen MR) is 166 cm³/mol. The Morgan fingerprint density at radius 1 is 1.02 bits per heavy atom. The van der Waals surface area contributed by atoms with Gasteiger partial charge < -0.3 is 19.9 Å². The third kappa shape index (κ3) is 9.42. The summed E-state index contributed by atoms with van der Waals surface area (Å²) in [6.45, 7) is 20.3. The van der Waals surface area contributed by atoms with Crippen molar-refractivity contribution >= 4 is 17.7 Å². The number of nitrogens with zero attached hydrogens (tertiary/aromatic N) is 2. The first-order chi connectivity index (χ1) is 19.1. The number of hydrogen-bond donors (Lipinski definition) is 1. The van der Waals surface area contributed by atoms with Crippen LogP contribution >= 0.6 is 0 Å². The molecule has 2 rings (SSSR count). The number of benzene rings is 1. The summed E-state index contributed by atoms with van der Waals surface area (Å²) >= 11 is 0. The lowest BCUT2D eigenvalue weighted by molar-refractivity contribution is -0.141. The highest BCUT2D eigenvalue weighted by atomic mass is 16.5. The molecular formula is C34H55N3O4. The number of hydrogen-bond acceptors (Lipinski definition) is 4. The first-order valence-corrected chi connectivity index (χ1v) is 15.3. The zero-order chi connectivity index (χ0) is 31.0. The zero-order valence-corrected chi connectivity index (χ0v) is 27.3. The van der Waals surface area contributed by atoms with Gasteiger partial charge in [-0.3, -0.25) is 14.4 Å². The molecular weight excluding hydrogens is 514 g/mol. The van der Waals surface area contributed by atoms with Gasteiger partial charge in [-0.2, -0.15) is 0 Å². The average Bonchev–Trinajstić information content (AvgIpc) is 3.45. The van der Waals surface area contributed by atoms with Gasteiger partial charge in [0.1, 0.15) is 12.6 Å². The molecule has 0 aliphatic carbocycles. The van der Waals surface area contributed by atoms with Gasteiger partial charge in [0.15, 0.2) is 0 Å². The molecule has 41 heavy (non-hydrogen) atoms. The van der Waals surface area contributed by atoms with Crippen LogP contribution in [0.25, 0.3) is 0 Å². The first kappa shape index (κ1) is 34.5. The fourth-order valence-corrected chi connectivity index (χ4v) is 5.78. The maximum Gasteiger partial charge on any atom is 0.248 e. The summed E-state index contributed by atoms with van der Waals surface area (Å²) in [5.74, 6) is -0.344. The molecule has 230 valence electrons. The van der Waals surface area contributed by atoms with Crippen LogP contribution in [0.3, 0.4) is 0 Å². The number of likely N-dealkylation sites (N-methyl/N-ethyl adjacent to an activating group) is 1. The molecule has 1 aliphatic rings. The number of carbonyl (C=O) groups excluding carboxylic acids is 3. The van der Waals surface area contributed by atoms with Crippen LogP contribution in [0, 0.1) is 17.3 Å². The maximum atomic E-state index is 14.0. The van der Waals surface area contributed by atoms with Gasteiger partial charge in [0, 0.05) is 31.5 Å². The number of ether oxygens (including phenoxy) is 1. The fourth-order valence-electron chi connectivity index (χ4n) is 5.78. The molecule has 1 saturated heterocycles. The van der Waals surface area contributed by atoms with Crippen molar-refractivity contribution in [2.24, 2.45) is 17.3 Å². The van der Waals surface area contributed by atoms with Gasteiger partial charge in [-0.1, -0.05) is 91.8 Å². The Hall–Kier alpha value is -2.67. The molecule has 1 N–H and O–H groups in total. The molecule has 7 nitrogen and oxygen atoms in total. The van der Waals surface area contributed by atoms with Crippen LogP contribution in [-0.2, 0) is 24.5 Å². The molecule has 1 aromatic rings. The van der Waals surface area contributed by atoms with Crippen LogP contribution in [-0.4, -0.2) is 73.0 Å². The molecule has 3 atom stereocenters. The normalized spacial score (nSPS) is 16.9. The summed E-state index contributed by atoms with van der Waals surface area (Å²) in [5.41, 5.74) is 1.18. The van der Waals surface area contributed by atoms with Crippen LogP contribution in [0.1, 0.15) is 87.1 Å². The summed E-state index contributed by atoms with van der Waals surface area (Å²) in [6, 6.07) is 9.21. The predicted octanol–water partition coefficient (Wildman–Crippen LogP) is 5.59. The summed E-state index contributed by atoms with van der Waals surface area (Å²) in [6.07, 6.45) is 4.82. The topological polar surface area (TPSA) is 79.0 Å². The molecule has 1 fully saturated rings. The molecule has 0 radical (unpaired) electrons. The summed E-state index contributed by atoms with van der Waals surface area (Å²) in [4.78, 5) is 43.7. The Kier molecular flexibility index (Phi) is 12.6. The number of likely N-dealkylation sites (tertiary alicyclic amines) is 1. The van der Waals surface area contributed by atoms with E-state index in [1.165, 1.54) is 0 Å². The highest BCUT2D eigenvalue weighted by Crippen LogP contribution is 2.35. The van der Waals surface area contributed by atoms with E-state index < -0.39 is 16.9 Å². The van der Waals surface area contributed by atoms with Gasteiger partial charge in [-0.25, -0.2) is 0 Å². The molecule has 0 bridgehead atoms. The van der Waals surface area contributed by atoms with Crippen LogP contribution in [0.4, 0.5) is 0 Å². The van der Waals surface area contributed by atoms with Gasteiger partial charge in [0.25, 0.3) is 0 Å². The zero-order valence-electron chi connectivity index (χ0n) is 27.3. The van der Waals surface area contributed by atoms with Crippen molar-refractivity contribution in [2.45, 2.75) is 99.1 Å². The van der Waals surface area contributed by atoms with Crippen LogP contribution < -0.4 is 5.32 Å². The van der Waals surface area contributed by atoms with E-state index in [0.717, 1.165) is 37.1 Å². The third-order valence-electron chi connectivity index (χ3n) is 8.46. The Morgan fingerprint density at radius 2 is 1.61 bits per heavy atom. The largest absolute Gasteiger partial charge is 0.367 e. The molecule has 1 aromatic carbocycles. The van der Waals surface area contributed by atoms with E-state index in [1.54, 1.807) is 4.90 Å². The fraction of sp³-hybridized carbons (Fsp3) is 0.676. The van der Waals surface area contributed by atoms with E-state index >= 15 is 0 Å². The maximum absolute atomic E-state index is 14.0. The molecule has 0 saturated carbocycles. The molecule has 0 aromatic heterocycles. The molecule has 1 aliphatic heterocycles. The lowest BCUT2D eigenvalue weighted by Crippen LogP contribution is -2.58. The van der Waals surface area contributed by atoms with E-state index in [1.807, 2.05) is 64.8 Å². The highest BCUT2D eigenvalue weighted by Gasteiger charge is 2.41. The van der Waals surface area contributed by atoms with E-state index in [2.05, 4.69) is 51.2 Å². The quantitative estimate of drug-likeness (QED) is 0.314.